The molecule has 0 saturated heterocycles. The number of amides is 2. The fraction of sp³-hybridized carbons (Fsp3) is 0.278. The standard InChI is InChI=1S/C36H41N3O6S/c1-5-27(2)37-36(41)34(24-28-13-8-6-9-14-28)38(25-29-15-12-18-32(23-29)45-4)35(40)26-39(30-16-10-7-11-17-30)46(42,43)33-21-19-31(44-3)20-22-33/h6-23,27,34H,5,24-26H2,1-4H3,(H,37,41)/t27-,34+/m1/s1. The summed E-state index contributed by atoms with van der Waals surface area (Å²) in [5.41, 5.74) is 1.91. The molecule has 4 rings (SSSR count). The molecule has 0 fully saturated rings. The average Bonchev–Trinajstić information content (AvgIpc) is 3.09. The van der Waals surface area contributed by atoms with E-state index >= 15 is 0 Å². The second-order valence-electron chi connectivity index (χ2n) is 10.9. The number of methoxy groups -OCH3 is 2. The SMILES string of the molecule is CC[C@@H](C)NC(=O)[C@H](Cc1ccccc1)N(Cc1cccc(OC)c1)C(=O)CN(c1ccccc1)S(=O)(=O)c1ccc(OC)cc1. The Morgan fingerprint density at radius 3 is 2.00 bits per heavy atom. The van der Waals surface area contributed by atoms with Crippen LogP contribution in [-0.2, 0) is 32.6 Å². The molecular weight excluding hydrogens is 602 g/mol. The van der Waals surface area contributed by atoms with Crippen LogP contribution >= 0.6 is 0 Å². The number of hydrogen-bond acceptors (Lipinski definition) is 6. The van der Waals surface area contributed by atoms with Crippen LogP contribution in [0.4, 0.5) is 5.69 Å². The zero-order valence-corrected chi connectivity index (χ0v) is 27.4. The van der Waals surface area contributed by atoms with Crippen LogP contribution in [0, 0.1) is 0 Å². The molecule has 4 aromatic carbocycles. The van der Waals surface area contributed by atoms with Crippen LogP contribution in [-0.4, -0.2) is 58.0 Å². The third kappa shape index (κ3) is 8.66. The van der Waals surface area contributed by atoms with Gasteiger partial charge < -0.3 is 19.7 Å². The topological polar surface area (TPSA) is 105 Å². The Bertz CT molecular complexity index is 1680. The molecule has 0 spiro atoms. The first-order valence-corrected chi connectivity index (χ1v) is 16.6. The summed E-state index contributed by atoms with van der Waals surface area (Å²) >= 11 is 0. The van der Waals surface area contributed by atoms with Crippen molar-refractivity contribution in [1.82, 2.24) is 10.2 Å². The molecular formula is C36H41N3O6S. The average molecular weight is 644 g/mol. The van der Waals surface area contributed by atoms with Crippen LogP contribution in [0.1, 0.15) is 31.4 Å². The van der Waals surface area contributed by atoms with Gasteiger partial charge in [0.1, 0.15) is 24.1 Å². The van der Waals surface area contributed by atoms with Crippen molar-refractivity contribution in [2.24, 2.45) is 0 Å². The van der Waals surface area contributed by atoms with Crippen molar-refractivity contribution in [3.63, 3.8) is 0 Å². The van der Waals surface area contributed by atoms with Gasteiger partial charge in [-0.15, -0.1) is 0 Å². The second kappa shape index (κ2) is 15.9. The number of benzene rings is 4. The molecule has 0 bridgehead atoms. The van der Waals surface area contributed by atoms with Crippen LogP contribution in [0.25, 0.3) is 0 Å². The molecule has 2 atom stereocenters. The zero-order valence-electron chi connectivity index (χ0n) is 26.6. The van der Waals surface area contributed by atoms with E-state index < -0.39 is 28.5 Å². The van der Waals surface area contributed by atoms with Crippen LogP contribution in [0.3, 0.4) is 0 Å². The lowest BCUT2D eigenvalue weighted by atomic mass is 10.0. The molecule has 0 saturated carbocycles. The molecule has 0 aromatic heterocycles. The van der Waals surface area contributed by atoms with Gasteiger partial charge in [0.25, 0.3) is 10.0 Å². The minimum atomic E-state index is -4.21. The van der Waals surface area contributed by atoms with Crippen molar-refractivity contribution in [2.75, 3.05) is 25.1 Å². The lowest BCUT2D eigenvalue weighted by molar-refractivity contribution is -0.140. The molecule has 0 heterocycles. The van der Waals surface area contributed by atoms with Gasteiger partial charge in [0.05, 0.1) is 24.8 Å². The molecule has 9 nitrogen and oxygen atoms in total. The van der Waals surface area contributed by atoms with Crippen LogP contribution in [0.5, 0.6) is 11.5 Å². The number of nitrogens with one attached hydrogen (secondary N) is 1. The number of para-hydroxylation sites is 1. The Hall–Kier alpha value is -4.83. The lowest BCUT2D eigenvalue weighted by Crippen LogP contribution is -2.54. The van der Waals surface area contributed by atoms with Gasteiger partial charge in [-0.25, -0.2) is 8.42 Å². The molecule has 4 aromatic rings. The summed E-state index contributed by atoms with van der Waals surface area (Å²) in [7, 11) is -1.15. The highest BCUT2D eigenvalue weighted by Gasteiger charge is 2.35. The monoisotopic (exact) mass is 643 g/mol. The number of hydrogen-bond donors (Lipinski definition) is 1. The maximum Gasteiger partial charge on any atom is 0.264 e. The number of sulfonamides is 1. The van der Waals surface area contributed by atoms with E-state index in [1.54, 1.807) is 61.7 Å². The van der Waals surface area contributed by atoms with Crippen molar-refractivity contribution in [3.8, 4) is 11.5 Å². The number of rotatable bonds is 15. The Balaban J connectivity index is 1.80. The predicted molar refractivity (Wildman–Crippen MR) is 179 cm³/mol. The normalized spacial score (nSPS) is 12.4. The number of anilines is 1. The van der Waals surface area contributed by atoms with Crippen LogP contribution in [0.15, 0.2) is 114 Å². The van der Waals surface area contributed by atoms with E-state index in [1.807, 2.05) is 56.3 Å². The first kappa shape index (κ1) is 34.1. The Morgan fingerprint density at radius 2 is 1.39 bits per heavy atom. The quantitative estimate of drug-likeness (QED) is 0.185. The van der Waals surface area contributed by atoms with Gasteiger partial charge in [0.2, 0.25) is 11.8 Å². The first-order valence-electron chi connectivity index (χ1n) is 15.1. The van der Waals surface area contributed by atoms with Crippen molar-refractivity contribution >= 4 is 27.5 Å². The van der Waals surface area contributed by atoms with Gasteiger partial charge in [-0.2, -0.15) is 0 Å². The fourth-order valence-corrected chi connectivity index (χ4v) is 6.37. The molecule has 0 aliphatic rings. The Kier molecular flexibility index (Phi) is 11.8. The zero-order chi connectivity index (χ0) is 33.1. The molecule has 0 aliphatic carbocycles. The minimum Gasteiger partial charge on any atom is -0.497 e. The summed E-state index contributed by atoms with van der Waals surface area (Å²) in [6.45, 7) is 3.39. The van der Waals surface area contributed by atoms with E-state index in [0.29, 0.717) is 23.6 Å². The second-order valence-corrected chi connectivity index (χ2v) is 12.8. The summed E-state index contributed by atoms with van der Waals surface area (Å²) in [4.78, 5) is 30.0. The summed E-state index contributed by atoms with van der Waals surface area (Å²) in [5, 5.41) is 3.04. The Labute approximate surface area is 271 Å². The molecule has 242 valence electrons. The molecule has 0 unspecified atom stereocenters. The molecule has 0 radical (unpaired) electrons. The van der Waals surface area contributed by atoms with Gasteiger partial charge in [0.15, 0.2) is 0 Å². The highest BCUT2D eigenvalue weighted by Crippen LogP contribution is 2.26. The van der Waals surface area contributed by atoms with Crippen LogP contribution < -0.4 is 19.1 Å². The molecule has 10 heteroatoms. The largest absolute Gasteiger partial charge is 0.497 e. The Morgan fingerprint density at radius 1 is 0.783 bits per heavy atom. The lowest BCUT2D eigenvalue weighted by Gasteiger charge is -2.34. The van der Waals surface area contributed by atoms with Gasteiger partial charge in [-0.1, -0.05) is 67.6 Å². The number of carbonyl (C=O) groups excluding carboxylic acids is 2. The maximum absolute atomic E-state index is 14.5. The third-order valence-electron chi connectivity index (χ3n) is 7.73. The summed E-state index contributed by atoms with van der Waals surface area (Å²) in [6.07, 6.45) is 0.935. The van der Waals surface area contributed by atoms with E-state index in [4.69, 9.17) is 9.47 Å². The summed E-state index contributed by atoms with van der Waals surface area (Å²) in [5.74, 6) is 0.242. The maximum atomic E-state index is 14.5. The summed E-state index contributed by atoms with van der Waals surface area (Å²) < 4.78 is 40.0. The third-order valence-corrected chi connectivity index (χ3v) is 9.52. The van der Waals surface area contributed by atoms with Gasteiger partial charge in [0, 0.05) is 19.0 Å². The minimum absolute atomic E-state index is 0.000326. The smallest absolute Gasteiger partial charge is 0.264 e. The van der Waals surface area contributed by atoms with E-state index in [2.05, 4.69) is 5.32 Å². The fourth-order valence-electron chi connectivity index (χ4n) is 4.96. The number of nitrogens with zero attached hydrogens (tertiary/aromatic N) is 2. The highest BCUT2D eigenvalue weighted by molar-refractivity contribution is 7.92. The van der Waals surface area contributed by atoms with E-state index in [0.717, 1.165) is 15.4 Å². The van der Waals surface area contributed by atoms with Crippen molar-refractivity contribution in [1.29, 1.82) is 0 Å². The van der Waals surface area contributed by atoms with Gasteiger partial charge >= 0.3 is 0 Å². The van der Waals surface area contributed by atoms with E-state index in [-0.39, 0.29) is 29.8 Å². The van der Waals surface area contributed by atoms with E-state index in [9.17, 15) is 18.0 Å². The van der Waals surface area contributed by atoms with Crippen molar-refractivity contribution in [2.45, 2.75) is 50.2 Å². The van der Waals surface area contributed by atoms with Crippen molar-refractivity contribution < 1.29 is 27.5 Å². The highest BCUT2D eigenvalue weighted by atomic mass is 32.2. The van der Waals surface area contributed by atoms with Gasteiger partial charge in [-0.05, 0) is 73.0 Å². The predicted octanol–water partition coefficient (Wildman–Crippen LogP) is 5.45. The first-order chi connectivity index (χ1) is 22.2. The van der Waals surface area contributed by atoms with Crippen LogP contribution in [0.2, 0.25) is 0 Å². The summed E-state index contributed by atoms with van der Waals surface area (Å²) in [6, 6.07) is 30.1. The molecule has 2 amide bonds. The van der Waals surface area contributed by atoms with Crippen molar-refractivity contribution in [3.05, 3.63) is 120 Å². The number of carbonyl (C=O) groups is 2. The molecule has 1 N–H and O–H groups in total. The molecule has 46 heavy (non-hydrogen) atoms. The number of ether oxygens (including phenoxy) is 2. The van der Waals surface area contributed by atoms with E-state index in [1.165, 1.54) is 24.1 Å². The molecule has 0 aliphatic heterocycles. The van der Waals surface area contributed by atoms with Gasteiger partial charge in [-0.3, -0.25) is 13.9 Å².